The van der Waals surface area contributed by atoms with E-state index in [-0.39, 0.29) is 0 Å². The molecular formula is C16H18N2. The van der Waals surface area contributed by atoms with E-state index in [4.69, 9.17) is 0 Å². The van der Waals surface area contributed by atoms with Crippen molar-refractivity contribution in [2.24, 2.45) is 0 Å². The largest absolute Gasteiger partial charge is 0.313 e. The maximum absolute atomic E-state index is 4.21. The Morgan fingerprint density at radius 3 is 2.89 bits per heavy atom. The number of hydrogen-bond acceptors (Lipinski definition) is 2. The van der Waals surface area contributed by atoms with Crippen LogP contribution >= 0.6 is 0 Å². The third-order valence-corrected chi connectivity index (χ3v) is 3.92. The molecule has 0 saturated heterocycles. The van der Waals surface area contributed by atoms with Crippen LogP contribution in [-0.4, -0.2) is 12.0 Å². The molecule has 2 unspecified atom stereocenters. The monoisotopic (exact) mass is 238 g/mol. The molecule has 2 atom stereocenters. The highest BCUT2D eigenvalue weighted by atomic mass is 14.9. The van der Waals surface area contributed by atoms with Gasteiger partial charge in [-0.05, 0) is 48.6 Å². The zero-order valence-corrected chi connectivity index (χ0v) is 10.6. The normalized spacial score (nSPS) is 18.8. The molecule has 0 spiro atoms. The first-order valence-electron chi connectivity index (χ1n) is 6.53. The Morgan fingerprint density at radius 1 is 1.28 bits per heavy atom. The summed E-state index contributed by atoms with van der Waals surface area (Å²) in [5, 5.41) is 3.41. The number of nitrogens with zero attached hydrogens (tertiary/aromatic N) is 1. The topological polar surface area (TPSA) is 24.9 Å². The van der Waals surface area contributed by atoms with Crippen LogP contribution in [0.5, 0.6) is 0 Å². The van der Waals surface area contributed by atoms with Crippen LogP contribution in [0.25, 0.3) is 0 Å². The number of benzene rings is 1. The van der Waals surface area contributed by atoms with Crippen LogP contribution in [0.15, 0.2) is 48.8 Å². The predicted molar refractivity (Wildman–Crippen MR) is 73.5 cm³/mol. The van der Waals surface area contributed by atoms with Crippen LogP contribution in [0.4, 0.5) is 0 Å². The molecule has 0 radical (unpaired) electrons. The molecule has 0 aliphatic heterocycles. The van der Waals surface area contributed by atoms with Gasteiger partial charge in [-0.1, -0.05) is 30.3 Å². The van der Waals surface area contributed by atoms with Crippen LogP contribution in [0.2, 0.25) is 0 Å². The van der Waals surface area contributed by atoms with E-state index in [1.165, 1.54) is 23.1 Å². The highest BCUT2D eigenvalue weighted by Gasteiger charge is 2.28. The first-order chi connectivity index (χ1) is 8.88. The van der Waals surface area contributed by atoms with Gasteiger partial charge in [-0.25, -0.2) is 0 Å². The Morgan fingerprint density at radius 2 is 2.17 bits per heavy atom. The van der Waals surface area contributed by atoms with Crippen LogP contribution < -0.4 is 5.32 Å². The van der Waals surface area contributed by atoms with Crippen molar-refractivity contribution < 1.29 is 0 Å². The summed E-state index contributed by atoms with van der Waals surface area (Å²) in [6.45, 7) is 0. The lowest BCUT2D eigenvalue weighted by atomic mass is 9.74. The van der Waals surface area contributed by atoms with E-state index in [1.807, 2.05) is 25.5 Å². The summed E-state index contributed by atoms with van der Waals surface area (Å²) < 4.78 is 0. The van der Waals surface area contributed by atoms with Crippen molar-refractivity contribution in [1.82, 2.24) is 10.3 Å². The van der Waals surface area contributed by atoms with E-state index in [0.29, 0.717) is 12.0 Å². The van der Waals surface area contributed by atoms with Gasteiger partial charge in [0.05, 0.1) is 0 Å². The van der Waals surface area contributed by atoms with Gasteiger partial charge in [0.1, 0.15) is 0 Å². The maximum Gasteiger partial charge on any atom is 0.0338 e. The number of pyridine rings is 1. The maximum atomic E-state index is 4.21. The van der Waals surface area contributed by atoms with Crippen molar-refractivity contribution in [1.29, 1.82) is 0 Å². The Kier molecular flexibility index (Phi) is 3.11. The van der Waals surface area contributed by atoms with Gasteiger partial charge in [-0.3, -0.25) is 4.98 Å². The van der Waals surface area contributed by atoms with Crippen molar-refractivity contribution in [2.75, 3.05) is 7.05 Å². The molecule has 1 aliphatic rings. The van der Waals surface area contributed by atoms with E-state index in [1.54, 1.807) is 0 Å². The zero-order valence-electron chi connectivity index (χ0n) is 10.6. The molecule has 1 aliphatic carbocycles. The number of nitrogens with one attached hydrogen (secondary N) is 1. The number of fused-ring (bicyclic) bond motifs is 1. The Balaban J connectivity index is 1.74. The van der Waals surface area contributed by atoms with E-state index in [9.17, 15) is 0 Å². The van der Waals surface area contributed by atoms with Crippen LogP contribution in [0, 0.1) is 0 Å². The molecule has 1 aromatic heterocycles. The van der Waals surface area contributed by atoms with Gasteiger partial charge in [0.25, 0.3) is 0 Å². The molecule has 0 bridgehead atoms. The lowest BCUT2D eigenvalue weighted by Gasteiger charge is -2.33. The van der Waals surface area contributed by atoms with Crippen LogP contribution in [0.1, 0.15) is 35.1 Å². The van der Waals surface area contributed by atoms with Gasteiger partial charge in [-0.2, -0.15) is 0 Å². The Labute approximate surface area is 108 Å². The standard InChI is InChI=1S/C16H18N2/c1-17-16(13-6-4-8-18-11-13)10-14-9-12-5-2-3-7-15(12)14/h2-8,11,14,16-17H,9-10H2,1H3. The first-order valence-corrected chi connectivity index (χ1v) is 6.53. The van der Waals surface area contributed by atoms with Gasteiger partial charge >= 0.3 is 0 Å². The van der Waals surface area contributed by atoms with Gasteiger partial charge in [-0.15, -0.1) is 0 Å². The molecule has 2 aromatic rings. The second-order valence-corrected chi connectivity index (χ2v) is 4.96. The lowest BCUT2D eigenvalue weighted by molar-refractivity contribution is 0.451. The second-order valence-electron chi connectivity index (χ2n) is 4.96. The van der Waals surface area contributed by atoms with Crippen LogP contribution in [0.3, 0.4) is 0 Å². The van der Waals surface area contributed by atoms with E-state index in [2.05, 4.69) is 40.6 Å². The summed E-state index contributed by atoms with van der Waals surface area (Å²) in [5.41, 5.74) is 4.33. The average Bonchev–Trinajstić information content (AvgIpc) is 2.41. The number of hydrogen-bond donors (Lipinski definition) is 1. The third kappa shape index (κ3) is 2.04. The van der Waals surface area contributed by atoms with Crippen molar-refractivity contribution in [3.63, 3.8) is 0 Å². The third-order valence-electron chi connectivity index (χ3n) is 3.92. The Hall–Kier alpha value is -1.67. The minimum absolute atomic E-state index is 0.400. The molecule has 2 nitrogen and oxygen atoms in total. The molecule has 1 heterocycles. The van der Waals surface area contributed by atoms with Gasteiger partial charge in [0.2, 0.25) is 0 Å². The van der Waals surface area contributed by atoms with Crippen LogP contribution in [-0.2, 0) is 6.42 Å². The second kappa shape index (κ2) is 4.91. The number of rotatable bonds is 4. The fraction of sp³-hybridized carbons (Fsp3) is 0.312. The molecule has 92 valence electrons. The molecule has 0 fully saturated rings. The molecule has 1 aromatic carbocycles. The molecule has 0 saturated carbocycles. The molecular weight excluding hydrogens is 220 g/mol. The minimum atomic E-state index is 0.400. The van der Waals surface area contributed by atoms with Gasteiger partial charge in [0.15, 0.2) is 0 Å². The summed E-state index contributed by atoms with van der Waals surface area (Å²) >= 11 is 0. The molecule has 0 amide bonds. The van der Waals surface area contributed by atoms with E-state index < -0.39 is 0 Å². The minimum Gasteiger partial charge on any atom is -0.313 e. The predicted octanol–water partition coefficient (Wildman–Crippen LogP) is 3.07. The SMILES string of the molecule is CNC(CC1Cc2ccccc21)c1cccnc1. The smallest absolute Gasteiger partial charge is 0.0338 e. The molecule has 3 rings (SSSR count). The lowest BCUT2D eigenvalue weighted by Crippen LogP contribution is -2.25. The van der Waals surface area contributed by atoms with E-state index in [0.717, 1.165) is 6.42 Å². The van der Waals surface area contributed by atoms with Crippen molar-refractivity contribution in [2.45, 2.75) is 24.8 Å². The fourth-order valence-electron chi connectivity index (χ4n) is 2.86. The van der Waals surface area contributed by atoms with Gasteiger partial charge < -0.3 is 5.32 Å². The summed E-state index contributed by atoms with van der Waals surface area (Å²) in [6.07, 6.45) is 6.16. The highest BCUT2D eigenvalue weighted by Crippen LogP contribution is 2.40. The summed E-state index contributed by atoms with van der Waals surface area (Å²) in [5.74, 6) is 0.693. The zero-order chi connectivity index (χ0) is 12.4. The summed E-state index contributed by atoms with van der Waals surface area (Å²) in [4.78, 5) is 4.21. The quantitative estimate of drug-likeness (QED) is 0.885. The first kappa shape index (κ1) is 11.4. The highest BCUT2D eigenvalue weighted by molar-refractivity contribution is 5.40. The fourth-order valence-corrected chi connectivity index (χ4v) is 2.86. The van der Waals surface area contributed by atoms with E-state index >= 15 is 0 Å². The van der Waals surface area contributed by atoms with Gasteiger partial charge in [0, 0.05) is 18.4 Å². The van der Waals surface area contributed by atoms with Crippen molar-refractivity contribution in [3.8, 4) is 0 Å². The molecule has 2 heteroatoms. The molecule has 18 heavy (non-hydrogen) atoms. The van der Waals surface area contributed by atoms with Crippen molar-refractivity contribution >= 4 is 0 Å². The summed E-state index contributed by atoms with van der Waals surface area (Å²) in [7, 11) is 2.03. The summed E-state index contributed by atoms with van der Waals surface area (Å²) in [6, 6.07) is 13.3. The number of aromatic nitrogens is 1. The molecule has 1 N–H and O–H groups in total. The van der Waals surface area contributed by atoms with Crippen molar-refractivity contribution in [3.05, 3.63) is 65.5 Å². The Bertz CT molecular complexity index is 522. The average molecular weight is 238 g/mol.